The monoisotopic (exact) mass is 211 g/mol. The molecule has 0 saturated heterocycles. The predicted molar refractivity (Wildman–Crippen MR) is 63.3 cm³/mol. The number of thioether (sulfide) groups is 1. The lowest BCUT2D eigenvalue weighted by atomic mass is 9.69. The van der Waals surface area contributed by atoms with Crippen molar-refractivity contribution >= 4 is 11.8 Å². The maximum atomic E-state index is 9.21. The zero-order valence-corrected chi connectivity index (χ0v) is 10.5. The minimum atomic E-state index is -0.0373. The van der Waals surface area contributed by atoms with Crippen LogP contribution in [-0.2, 0) is 0 Å². The molecule has 0 N–H and O–H groups in total. The predicted octanol–water partition coefficient (Wildman–Crippen LogP) is 3.85. The van der Waals surface area contributed by atoms with Crippen LogP contribution >= 0.6 is 11.8 Å². The fourth-order valence-electron chi connectivity index (χ4n) is 1.94. The van der Waals surface area contributed by atoms with E-state index in [9.17, 15) is 5.26 Å². The summed E-state index contributed by atoms with van der Waals surface area (Å²) in [6, 6.07) is 2.53. The van der Waals surface area contributed by atoms with E-state index >= 15 is 0 Å². The Morgan fingerprint density at radius 1 is 1.43 bits per heavy atom. The molecule has 0 aromatic rings. The Bertz CT molecular complexity index is 223. The average molecular weight is 211 g/mol. The molecule has 2 heteroatoms. The van der Waals surface area contributed by atoms with Gasteiger partial charge in [0, 0.05) is 5.25 Å². The van der Waals surface area contributed by atoms with Crippen LogP contribution in [0, 0.1) is 23.2 Å². The third-order valence-electron chi connectivity index (χ3n) is 3.33. The van der Waals surface area contributed by atoms with E-state index in [0.717, 1.165) is 24.7 Å². The minimum Gasteiger partial charge on any atom is -0.197 e. The van der Waals surface area contributed by atoms with Gasteiger partial charge in [-0.25, -0.2) is 0 Å². The number of hydrogen-bond acceptors (Lipinski definition) is 2. The van der Waals surface area contributed by atoms with E-state index in [2.05, 4.69) is 33.8 Å². The van der Waals surface area contributed by atoms with Crippen LogP contribution in [0.2, 0.25) is 0 Å². The quantitative estimate of drug-likeness (QED) is 0.705. The van der Waals surface area contributed by atoms with Crippen molar-refractivity contribution in [3.63, 3.8) is 0 Å². The van der Waals surface area contributed by atoms with E-state index in [1.807, 2.05) is 11.8 Å². The molecule has 0 heterocycles. The van der Waals surface area contributed by atoms with Crippen LogP contribution in [0.5, 0.6) is 0 Å². The van der Waals surface area contributed by atoms with Crippen LogP contribution in [0.1, 0.15) is 47.0 Å². The number of nitriles is 1. The second kappa shape index (κ2) is 4.57. The lowest BCUT2D eigenvalue weighted by Crippen LogP contribution is -2.43. The van der Waals surface area contributed by atoms with E-state index in [1.54, 1.807) is 0 Å². The molecule has 1 fully saturated rings. The smallest absolute Gasteiger partial charge is 0.103 e. The first-order chi connectivity index (χ1) is 6.53. The highest BCUT2D eigenvalue weighted by atomic mass is 32.2. The van der Waals surface area contributed by atoms with E-state index in [-0.39, 0.29) is 4.75 Å². The van der Waals surface area contributed by atoms with Crippen LogP contribution in [0.3, 0.4) is 0 Å². The molecular weight excluding hydrogens is 190 g/mol. The topological polar surface area (TPSA) is 23.8 Å². The Morgan fingerprint density at radius 3 is 2.36 bits per heavy atom. The lowest BCUT2D eigenvalue weighted by molar-refractivity contribution is 0.206. The van der Waals surface area contributed by atoms with Crippen LogP contribution in [-0.4, -0.2) is 10.00 Å². The Hall–Kier alpha value is -0.160. The average Bonchev–Trinajstić information content (AvgIpc) is 2.09. The molecule has 0 aromatic heterocycles. The van der Waals surface area contributed by atoms with E-state index in [4.69, 9.17) is 0 Å². The first-order valence-electron chi connectivity index (χ1n) is 5.62. The molecule has 1 rings (SSSR count). The fraction of sp³-hybridized carbons (Fsp3) is 0.917. The van der Waals surface area contributed by atoms with Crippen LogP contribution in [0.4, 0.5) is 0 Å². The van der Waals surface area contributed by atoms with Gasteiger partial charge < -0.3 is 0 Å². The van der Waals surface area contributed by atoms with Crippen molar-refractivity contribution in [3.05, 3.63) is 0 Å². The summed E-state index contributed by atoms with van der Waals surface area (Å²) in [4.78, 5) is 0. The van der Waals surface area contributed by atoms with Gasteiger partial charge in [0.25, 0.3) is 0 Å². The molecule has 0 aromatic carbocycles. The molecule has 80 valence electrons. The van der Waals surface area contributed by atoms with Gasteiger partial charge in [-0.05, 0) is 31.1 Å². The Labute approximate surface area is 92.3 Å². The van der Waals surface area contributed by atoms with Gasteiger partial charge in [-0.3, -0.25) is 0 Å². The molecule has 14 heavy (non-hydrogen) atoms. The van der Waals surface area contributed by atoms with Gasteiger partial charge in [-0.1, -0.05) is 27.7 Å². The third-order valence-corrected chi connectivity index (χ3v) is 4.94. The van der Waals surface area contributed by atoms with Gasteiger partial charge in [0.1, 0.15) is 4.75 Å². The largest absolute Gasteiger partial charge is 0.197 e. The molecule has 1 nitrogen and oxygen atoms in total. The molecule has 1 saturated carbocycles. The molecule has 0 radical (unpaired) electrons. The Morgan fingerprint density at radius 2 is 2.00 bits per heavy atom. The summed E-state index contributed by atoms with van der Waals surface area (Å²) in [7, 11) is 0. The SMILES string of the molecule is CCC(C)SC1(C#N)CC(C(C)C)C1. The highest BCUT2D eigenvalue weighted by Crippen LogP contribution is 2.51. The van der Waals surface area contributed by atoms with E-state index in [1.165, 1.54) is 6.42 Å². The van der Waals surface area contributed by atoms with E-state index < -0.39 is 0 Å². The van der Waals surface area contributed by atoms with Crippen molar-refractivity contribution in [1.82, 2.24) is 0 Å². The lowest BCUT2D eigenvalue weighted by Gasteiger charge is -2.45. The normalized spacial score (nSPS) is 33.6. The molecular formula is C12H21NS. The summed E-state index contributed by atoms with van der Waals surface area (Å²) in [5, 5.41) is 9.84. The molecule has 0 spiro atoms. The summed E-state index contributed by atoms with van der Waals surface area (Å²) >= 11 is 1.89. The molecule has 0 bridgehead atoms. The summed E-state index contributed by atoms with van der Waals surface area (Å²) in [6.45, 7) is 8.95. The van der Waals surface area contributed by atoms with Gasteiger partial charge in [0.05, 0.1) is 6.07 Å². The Balaban J connectivity index is 2.46. The summed E-state index contributed by atoms with van der Waals surface area (Å²) in [5.74, 6) is 1.53. The second-order valence-corrected chi connectivity index (χ2v) is 6.68. The minimum absolute atomic E-state index is 0.0373. The van der Waals surface area contributed by atoms with Crippen molar-refractivity contribution in [1.29, 1.82) is 5.26 Å². The number of hydrogen-bond donors (Lipinski definition) is 0. The van der Waals surface area contributed by atoms with E-state index in [0.29, 0.717) is 5.25 Å². The van der Waals surface area contributed by atoms with Gasteiger partial charge in [-0.15, -0.1) is 11.8 Å². The molecule has 1 aliphatic rings. The van der Waals surface area contributed by atoms with Crippen molar-refractivity contribution in [2.75, 3.05) is 0 Å². The van der Waals surface area contributed by atoms with Gasteiger partial charge in [-0.2, -0.15) is 5.26 Å². The maximum Gasteiger partial charge on any atom is 0.103 e. The molecule has 1 aliphatic carbocycles. The molecule has 0 amide bonds. The summed E-state index contributed by atoms with van der Waals surface area (Å²) in [6.07, 6.45) is 3.38. The van der Waals surface area contributed by atoms with Gasteiger partial charge >= 0.3 is 0 Å². The van der Waals surface area contributed by atoms with Gasteiger partial charge in [0.15, 0.2) is 0 Å². The van der Waals surface area contributed by atoms with Crippen LogP contribution < -0.4 is 0 Å². The van der Waals surface area contributed by atoms with Crippen LogP contribution in [0.15, 0.2) is 0 Å². The number of rotatable bonds is 4. The van der Waals surface area contributed by atoms with Crippen LogP contribution in [0.25, 0.3) is 0 Å². The summed E-state index contributed by atoms with van der Waals surface area (Å²) < 4.78 is -0.0373. The molecule has 1 atom stereocenters. The zero-order chi connectivity index (χ0) is 10.8. The Kier molecular flexibility index (Phi) is 3.89. The summed E-state index contributed by atoms with van der Waals surface area (Å²) in [5.41, 5.74) is 0. The van der Waals surface area contributed by atoms with Crippen molar-refractivity contribution in [3.8, 4) is 6.07 Å². The fourth-order valence-corrected chi connectivity index (χ4v) is 3.55. The maximum absolute atomic E-state index is 9.21. The van der Waals surface area contributed by atoms with Gasteiger partial charge in [0.2, 0.25) is 0 Å². The third kappa shape index (κ3) is 2.45. The van der Waals surface area contributed by atoms with Crippen molar-refractivity contribution in [2.24, 2.45) is 11.8 Å². The van der Waals surface area contributed by atoms with Crippen molar-refractivity contribution in [2.45, 2.75) is 57.0 Å². The first kappa shape index (κ1) is 11.9. The highest BCUT2D eigenvalue weighted by Gasteiger charge is 2.46. The van der Waals surface area contributed by atoms with Crippen molar-refractivity contribution < 1.29 is 0 Å². The standard InChI is InChI=1S/C12H21NS/c1-5-10(4)14-12(8-13)6-11(7-12)9(2)3/h9-11H,5-7H2,1-4H3. The zero-order valence-electron chi connectivity index (χ0n) is 9.71. The highest BCUT2D eigenvalue weighted by molar-refractivity contribution is 8.01. The number of nitrogens with zero attached hydrogens (tertiary/aromatic N) is 1. The molecule has 1 unspecified atom stereocenters. The molecule has 0 aliphatic heterocycles. The second-order valence-electron chi connectivity index (χ2n) is 4.86. The first-order valence-corrected chi connectivity index (χ1v) is 6.50.